The summed E-state index contributed by atoms with van der Waals surface area (Å²) in [5.41, 5.74) is 8.21. The molecule has 0 bridgehead atoms. The smallest absolute Gasteiger partial charge is 0.158 e. The lowest BCUT2D eigenvalue weighted by Gasteiger charge is -2.09. The molecule has 0 radical (unpaired) electrons. The molecule has 110 valence electrons. The third-order valence-electron chi connectivity index (χ3n) is 3.21. The van der Waals surface area contributed by atoms with Crippen molar-refractivity contribution in [3.63, 3.8) is 0 Å². The van der Waals surface area contributed by atoms with Crippen molar-refractivity contribution in [3.8, 4) is 11.5 Å². The van der Waals surface area contributed by atoms with Gasteiger partial charge in [0.15, 0.2) is 11.4 Å². The lowest BCUT2D eigenvalue weighted by atomic mass is 10.2. The Morgan fingerprint density at radius 1 is 1.38 bits per heavy atom. The molecule has 0 unspecified atom stereocenters. The second-order valence-electron chi connectivity index (χ2n) is 4.88. The topological polar surface area (TPSA) is 81.4 Å². The molecule has 0 spiro atoms. The number of anilines is 1. The van der Waals surface area contributed by atoms with Gasteiger partial charge in [-0.15, -0.1) is 0 Å². The van der Waals surface area contributed by atoms with Gasteiger partial charge in [0.2, 0.25) is 0 Å². The maximum Gasteiger partial charge on any atom is 0.158 e. The molecule has 0 saturated heterocycles. The summed E-state index contributed by atoms with van der Waals surface area (Å²) in [6.45, 7) is 3.41. The minimum Gasteiger partial charge on any atom is -0.463 e. The molecule has 3 N–H and O–H groups in total. The maximum atomic E-state index is 5.58. The van der Waals surface area contributed by atoms with Crippen LogP contribution in [-0.4, -0.2) is 27.7 Å². The number of fused-ring (bicyclic) bond motifs is 1. The van der Waals surface area contributed by atoms with E-state index < -0.39 is 0 Å². The molecule has 0 aromatic carbocycles. The molecule has 0 fully saturated rings. The second kappa shape index (κ2) is 5.97. The monoisotopic (exact) mass is 285 g/mol. The largest absolute Gasteiger partial charge is 0.463 e. The summed E-state index contributed by atoms with van der Waals surface area (Å²) < 4.78 is 7.20. The normalized spacial score (nSPS) is 11.1. The van der Waals surface area contributed by atoms with Crippen LogP contribution in [0.5, 0.6) is 0 Å². The number of hydrogen-bond acceptors (Lipinski definition) is 5. The van der Waals surface area contributed by atoms with E-state index in [2.05, 4.69) is 22.3 Å². The molecule has 6 nitrogen and oxygen atoms in total. The van der Waals surface area contributed by atoms with Gasteiger partial charge in [0, 0.05) is 30.9 Å². The molecule has 3 heterocycles. The minimum absolute atomic E-state index is 0.569. The fourth-order valence-electron chi connectivity index (χ4n) is 2.28. The molecule has 0 aliphatic heterocycles. The molecule has 0 aliphatic rings. The summed E-state index contributed by atoms with van der Waals surface area (Å²) in [7, 11) is 0. The van der Waals surface area contributed by atoms with E-state index in [1.165, 1.54) is 0 Å². The van der Waals surface area contributed by atoms with E-state index in [-0.39, 0.29) is 0 Å². The van der Waals surface area contributed by atoms with Gasteiger partial charge < -0.3 is 15.5 Å². The van der Waals surface area contributed by atoms with Gasteiger partial charge in [-0.2, -0.15) is 9.61 Å². The van der Waals surface area contributed by atoms with Gasteiger partial charge in [-0.1, -0.05) is 13.3 Å². The van der Waals surface area contributed by atoms with Crippen molar-refractivity contribution in [2.45, 2.75) is 19.8 Å². The Morgan fingerprint density at radius 2 is 2.29 bits per heavy atom. The Labute approximate surface area is 123 Å². The van der Waals surface area contributed by atoms with Crippen LogP contribution in [0.2, 0.25) is 0 Å². The molecule has 3 aromatic heterocycles. The quantitative estimate of drug-likeness (QED) is 0.726. The number of nitrogens with two attached hydrogens (primary N) is 1. The van der Waals surface area contributed by atoms with Crippen LogP contribution in [0.4, 0.5) is 5.82 Å². The Balaban J connectivity index is 2.08. The van der Waals surface area contributed by atoms with Crippen LogP contribution in [0.25, 0.3) is 17.1 Å². The SMILES string of the molecule is CCCc1cc(NCCN)n2nc(-c3ccco3)cc2n1. The van der Waals surface area contributed by atoms with Crippen molar-refractivity contribution in [1.29, 1.82) is 0 Å². The molecule has 3 rings (SSSR count). The molecular weight excluding hydrogens is 266 g/mol. The molecule has 3 aromatic rings. The number of rotatable bonds is 6. The van der Waals surface area contributed by atoms with E-state index in [0.717, 1.165) is 41.5 Å². The second-order valence-corrected chi connectivity index (χ2v) is 4.88. The predicted octanol–water partition coefficient (Wildman–Crippen LogP) is 2.31. The van der Waals surface area contributed by atoms with Gasteiger partial charge in [0.25, 0.3) is 0 Å². The maximum absolute atomic E-state index is 5.58. The Kier molecular flexibility index (Phi) is 3.87. The fourth-order valence-corrected chi connectivity index (χ4v) is 2.28. The number of furan rings is 1. The van der Waals surface area contributed by atoms with Gasteiger partial charge in [-0.25, -0.2) is 4.98 Å². The molecule has 0 aliphatic carbocycles. The fraction of sp³-hybridized carbons (Fsp3) is 0.333. The van der Waals surface area contributed by atoms with E-state index in [9.17, 15) is 0 Å². The summed E-state index contributed by atoms with van der Waals surface area (Å²) in [5.74, 6) is 1.65. The highest BCUT2D eigenvalue weighted by atomic mass is 16.3. The van der Waals surface area contributed by atoms with Crippen LogP contribution in [0, 0.1) is 0 Å². The molecule has 0 amide bonds. The zero-order chi connectivity index (χ0) is 14.7. The summed E-state index contributed by atoms with van der Waals surface area (Å²) in [4.78, 5) is 4.65. The third kappa shape index (κ3) is 2.75. The van der Waals surface area contributed by atoms with E-state index in [4.69, 9.17) is 10.2 Å². The van der Waals surface area contributed by atoms with Gasteiger partial charge in [-0.05, 0) is 18.6 Å². The van der Waals surface area contributed by atoms with Gasteiger partial charge in [0.05, 0.1) is 6.26 Å². The van der Waals surface area contributed by atoms with E-state index in [1.54, 1.807) is 10.8 Å². The number of hydrogen-bond donors (Lipinski definition) is 2. The predicted molar refractivity (Wildman–Crippen MR) is 82.2 cm³/mol. The van der Waals surface area contributed by atoms with Gasteiger partial charge in [-0.3, -0.25) is 0 Å². The van der Waals surface area contributed by atoms with Crippen molar-refractivity contribution >= 4 is 11.5 Å². The highest BCUT2D eigenvalue weighted by Gasteiger charge is 2.12. The summed E-state index contributed by atoms with van der Waals surface area (Å²) in [5, 5.41) is 7.87. The number of aryl methyl sites for hydroxylation is 1. The van der Waals surface area contributed by atoms with Crippen LogP contribution < -0.4 is 11.1 Å². The minimum atomic E-state index is 0.569. The van der Waals surface area contributed by atoms with E-state index >= 15 is 0 Å². The highest BCUT2D eigenvalue weighted by molar-refractivity contribution is 5.61. The van der Waals surface area contributed by atoms with Crippen LogP contribution in [0.3, 0.4) is 0 Å². The average Bonchev–Trinajstić information content (AvgIpc) is 3.13. The zero-order valence-corrected chi connectivity index (χ0v) is 12.0. The van der Waals surface area contributed by atoms with Crippen molar-refractivity contribution in [3.05, 3.63) is 36.2 Å². The van der Waals surface area contributed by atoms with Crippen LogP contribution in [0.1, 0.15) is 19.0 Å². The number of nitrogens with one attached hydrogen (secondary N) is 1. The third-order valence-corrected chi connectivity index (χ3v) is 3.21. The Hall–Kier alpha value is -2.34. The van der Waals surface area contributed by atoms with Crippen molar-refractivity contribution in [1.82, 2.24) is 14.6 Å². The first-order valence-corrected chi connectivity index (χ1v) is 7.19. The Bertz CT molecular complexity index is 717. The standard InChI is InChI=1S/C15H19N5O/c1-2-4-11-9-14(17-7-6-16)20-15(18-11)10-12(19-20)13-5-3-8-21-13/h3,5,8-10,17H,2,4,6-7,16H2,1H3. The lowest BCUT2D eigenvalue weighted by molar-refractivity contribution is 0.579. The number of aromatic nitrogens is 3. The van der Waals surface area contributed by atoms with Crippen LogP contribution >= 0.6 is 0 Å². The molecule has 21 heavy (non-hydrogen) atoms. The van der Waals surface area contributed by atoms with Gasteiger partial charge >= 0.3 is 0 Å². The Morgan fingerprint density at radius 3 is 3.00 bits per heavy atom. The summed E-state index contributed by atoms with van der Waals surface area (Å²) in [6.07, 6.45) is 3.64. The summed E-state index contributed by atoms with van der Waals surface area (Å²) in [6, 6.07) is 7.71. The molecule has 0 atom stereocenters. The first-order chi connectivity index (χ1) is 10.3. The van der Waals surface area contributed by atoms with Crippen molar-refractivity contribution in [2.24, 2.45) is 5.73 Å². The number of nitrogens with zero attached hydrogens (tertiary/aromatic N) is 3. The molecule has 0 saturated carbocycles. The van der Waals surface area contributed by atoms with Gasteiger partial charge in [0.1, 0.15) is 11.5 Å². The lowest BCUT2D eigenvalue weighted by Crippen LogP contribution is -2.16. The summed E-state index contributed by atoms with van der Waals surface area (Å²) >= 11 is 0. The first kappa shape index (κ1) is 13.6. The van der Waals surface area contributed by atoms with Crippen molar-refractivity contribution < 1.29 is 4.42 Å². The average molecular weight is 285 g/mol. The van der Waals surface area contributed by atoms with Crippen LogP contribution in [0.15, 0.2) is 34.9 Å². The van der Waals surface area contributed by atoms with E-state index in [1.807, 2.05) is 24.3 Å². The molecule has 6 heteroatoms. The first-order valence-electron chi connectivity index (χ1n) is 7.19. The van der Waals surface area contributed by atoms with Crippen molar-refractivity contribution in [2.75, 3.05) is 18.4 Å². The molecular formula is C15H19N5O. The zero-order valence-electron chi connectivity index (χ0n) is 12.0. The van der Waals surface area contributed by atoms with E-state index in [0.29, 0.717) is 13.1 Å². The highest BCUT2D eigenvalue weighted by Crippen LogP contribution is 2.22. The van der Waals surface area contributed by atoms with Crippen LogP contribution in [-0.2, 0) is 6.42 Å².